The molecule has 3 rings (SSSR count). The minimum Gasteiger partial charge on any atom is -0.379 e. The Morgan fingerprint density at radius 1 is 1.29 bits per heavy atom. The second-order valence-corrected chi connectivity index (χ2v) is 5.73. The van der Waals surface area contributed by atoms with Gasteiger partial charge in [0.25, 0.3) is 0 Å². The Kier molecular flexibility index (Phi) is 5.45. The summed E-state index contributed by atoms with van der Waals surface area (Å²) < 4.78 is 10.4. The smallest absolute Gasteiger partial charge is 0.320 e. The molecule has 2 heterocycles. The van der Waals surface area contributed by atoms with E-state index in [0.29, 0.717) is 31.3 Å². The molecule has 1 aliphatic heterocycles. The Morgan fingerprint density at radius 2 is 2.04 bits per heavy atom. The van der Waals surface area contributed by atoms with Crippen LogP contribution in [0, 0.1) is 6.92 Å². The maximum absolute atomic E-state index is 12.1. The summed E-state index contributed by atoms with van der Waals surface area (Å²) in [6.45, 7) is 5.42. The predicted molar refractivity (Wildman–Crippen MR) is 89.8 cm³/mol. The van der Waals surface area contributed by atoms with E-state index in [9.17, 15) is 4.79 Å². The summed E-state index contributed by atoms with van der Waals surface area (Å²) >= 11 is 0. The molecule has 1 aromatic heterocycles. The third kappa shape index (κ3) is 4.33. The van der Waals surface area contributed by atoms with Crippen LogP contribution in [0.15, 0.2) is 40.9 Å². The normalized spacial score (nSPS) is 16.5. The minimum atomic E-state index is -0.294. The minimum absolute atomic E-state index is 0.111. The molecular weight excluding hydrogens is 308 g/mol. The van der Waals surface area contributed by atoms with E-state index in [1.165, 1.54) is 5.56 Å². The van der Waals surface area contributed by atoms with Crippen LogP contribution in [0.5, 0.6) is 0 Å². The van der Waals surface area contributed by atoms with E-state index in [0.717, 1.165) is 13.1 Å². The molecular formula is C17H22N4O3. The molecule has 0 spiro atoms. The number of rotatable bonds is 5. The molecule has 0 aliphatic carbocycles. The van der Waals surface area contributed by atoms with Crippen LogP contribution in [-0.2, 0) is 4.74 Å². The summed E-state index contributed by atoms with van der Waals surface area (Å²) in [5.74, 6) is 1.06. The van der Waals surface area contributed by atoms with Gasteiger partial charge in [0.1, 0.15) is 5.76 Å². The van der Waals surface area contributed by atoms with Crippen molar-refractivity contribution in [1.29, 1.82) is 0 Å². The zero-order valence-corrected chi connectivity index (χ0v) is 13.7. The third-order valence-corrected chi connectivity index (χ3v) is 4.00. The maximum Gasteiger partial charge on any atom is 0.320 e. The number of ether oxygens (including phenoxy) is 1. The number of hydrogen-bond donors (Lipinski definition) is 2. The lowest BCUT2D eigenvalue weighted by atomic mass is 10.0. The first-order valence-electron chi connectivity index (χ1n) is 8.07. The van der Waals surface area contributed by atoms with Crippen LogP contribution < -0.4 is 10.6 Å². The number of anilines is 1. The van der Waals surface area contributed by atoms with Gasteiger partial charge in [-0.1, -0.05) is 35.5 Å². The summed E-state index contributed by atoms with van der Waals surface area (Å²) in [7, 11) is 0. The molecule has 2 N–H and O–H groups in total. The van der Waals surface area contributed by atoms with Crippen LogP contribution in [-0.4, -0.2) is 48.9 Å². The van der Waals surface area contributed by atoms with Gasteiger partial charge in [0, 0.05) is 25.7 Å². The van der Waals surface area contributed by atoms with E-state index in [4.69, 9.17) is 9.26 Å². The largest absolute Gasteiger partial charge is 0.379 e. The fraction of sp³-hybridized carbons (Fsp3) is 0.412. The predicted octanol–water partition coefficient (Wildman–Crippen LogP) is 2.18. The molecule has 0 saturated carbocycles. The molecule has 2 amide bonds. The highest BCUT2D eigenvalue weighted by Gasteiger charge is 2.23. The number of aryl methyl sites for hydroxylation is 1. The zero-order valence-electron chi connectivity index (χ0n) is 13.7. The lowest BCUT2D eigenvalue weighted by Crippen LogP contribution is -2.44. The van der Waals surface area contributed by atoms with Crippen molar-refractivity contribution in [3.05, 3.63) is 47.7 Å². The molecule has 2 aromatic rings. The number of urea groups is 1. The topological polar surface area (TPSA) is 79.6 Å². The van der Waals surface area contributed by atoms with E-state index in [-0.39, 0.29) is 12.1 Å². The molecule has 128 valence electrons. The lowest BCUT2D eigenvalue weighted by molar-refractivity contribution is 0.0168. The Labute approximate surface area is 141 Å². The molecule has 7 nitrogen and oxygen atoms in total. The number of nitrogens with zero attached hydrogens (tertiary/aromatic N) is 2. The first-order valence-corrected chi connectivity index (χ1v) is 8.07. The number of carbonyl (C=O) groups excluding carboxylic acids is 1. The van der Waals surface area contributed by atoms with Gasteiger partial charge < -0.3 is 14.6 Å². The zero-order chi connectivity index (χ0) is 16.8. The van der Waals surface area contributed by atoms with Gasteiger partial charge in [-0.15, -0.1) is 0 Å². The van der Waals surface area contributed by atoms with Gasteiger partial charge in [0.15, 0.2) is 5.82 Å². The molecule has 1 aliphatic rings. The van der Waals surface area contributed by atoms with E-state index in [1.54, 1.807) is 13.0 Å². The van der Waals surface area contributed by atoms with Gasteiger partial charge in [-0.2, -0.15) is 0 Å². The molecule has 0 unspecified atom stereocenters. The molecule has 1 aromatic carbocycles. The SMILES string of the molecule is Cc1cc(NC(=O)NC[C@H](c2ccccc2)N2CCOCC2)no1. The molecule has 0 bridgehead atoms. The second-order valence-electron chi connectivity index (χ2n) is 5.73. The first kappa shape index (κ1) is 16.5. The first-order chi connectivity index (χ1) is 11.7. The quantitative estimate of drug-likeness (QED) is 0.878. The summed E-state index contributed by atoms with van der Waals surface area (Å²) in [6.07, 6.45) is 0. The highest BCUT2D eigenvalue weighted by atomic mass is 16.5. The molecule has 7 heteroatoms. The molecule has 0 radical (unpaired) electrons. The number of nitrogens with one attached hydrogen (secondary N) is 2. The fourth-order valence-corrected chi connectivity index (χ4v) is 2.80. The van der Waals surface area contributed by atoms with Crippen LogP contribution in [0.25, 0.3) is 0 Å². The number of carbonyl (C=O) groups is 1. The lowest BCUT2D eigenvalue weighted by Gasteiger charge is -2.34. The van der Waals surface area contributed by atoms with Crippen molar-refractivity contribution in [3.63, 3.8) is 0 Å². The average Bonchev–Trinajstić information content (AvgIpc) is 3.02. The standard InChI is InChI=1S/C17H22N4O3/c1-13-11-16(20-24-13)19-17(22)18-12-15(14-5-3-2-4-6-14)21-7-9-23-10-8-21/h2-6,11,15H,7-10,12H2,1H3,(H2,18,19,20,22)/t15-/m1/s1. The van der Waals surface area contributed by atoms with Crippen molar-refractivity contribution in [1.82, 2.24) is 15.4 Å². The molecule has 1 fully saturated rings. The fourth-order valence-electron chi connectivity index (χ4n) is 2.80. The number of hydrogen-bond acceptors (Lipinski definition) is 5. The van der Waals surface area contributed by atoms with Gasteiger partial charge in [-0.05, 0) is 12.5 Å². The third-order valence-electron chi connectivity index (χ3n) is 4.00. The number of aromatic nitrogens is 1. The van der Waals surface area contributed by atoms with E-state index < -0.39 is 0 Å². The molecule has 1 saturated heterocycles. The Hall–Kier alpha value is -2.38. The summed E-state index contributed by atoms with van der Waals surface area (Å²) in [5.41, 5.74) is 1.18. The van der Waals surface area contributed by atoms with E-state index in [1.807, 2.05) is 18.2 Å². The molecule has 24 heavy (non-hydrogen) atoms. The number of amides is 2. The van der Waals surface area contributed by atoms with Gasteiger partial charge in [-0.3, -0.25) is 10.2 Å². The summed E-state index contributed by atoms with van der Waals surface area (Å²) in [4.78, 5) is 14.4. The van der Waals surface area contributed by atoms with Gasteiger partial charge >= 0.3 is 6.03 Å². The highest BCUT2D eigenvalue weighted by molar-refractivity contribution is 5.88. The van der Waals surface area contributed by atoms with Gasteiger partial charge in [0.05, 0.1) is 19.3 Å². The van der Waals surface area contributed by atoms with Crippen LogP contribution in [0.2, 0.25) is 0 Å². The Balaban J connectivity index is 1.62. The van der Waals surface area contributed by atoms with Crippen LogP contribution in [0.3, 0.4) is 0 Å². The van der Waals surface area contributed by atoms with Crippen LogP contribution in [0.1, 0.15) is 17.4 Å². The Bertz CT molecular complexity index is 653. The number of benzene rings is 1. The number of morpholine rings is 1. The maximum atomic E-state index is 12.1. The van der Waals surface area contributed by atoms with Gasteiger partial charge in [0.2, 0.25) is 0 Å². The average molecular weight is 330 g/mol. The van der Waals surface area contributed by atoms with Crippen molar-refractivity contribution in [2.24, 2.45) is 0 Å². The highest BCUT2D eigenvalue weighted by Crippen LogP contribution is 2.21. The van der Waals surface area contributed by atoms with Crippen molar-refractivity contribution in [3.8, 4) is 0 Å². The second kappa shape index (κ2) is 7.94. The van der Waals surface area contributed by atoms with E-state index in [2.05, 4.69) is 32.8 Å². The van der Waals surface area contributed by atoms with Gasteiger partial charge in [-0.25, -0.2) is 4.79 Å². The van der Waals surface area contributed by atoms with Crippen molar-refractivity contribution in [2.75, 3.05) is 38.2 Å². The van der Waals surface area contributed by atoms with E-state index >= 15 is 0 Å². The Morgan fingerprint density at radius 3 is 2.71 bits per heavy atom. The van der Waals surface area contributed by atoms with Crippen LogP contribution in [0.4, 0.5) is 10.6 Å². The summed E-state index contributed by atoms with van der Waals surface area (Å²) in [6, 6.07) is 11.7. The summed E-state index contributed by atoms with van der Waals surface area (Å²) in [5, 5.41) is 9.35. The monoisotopic (exact) mass is 330 g/mol. The van der Waals surface area contributed by atoms with Crippen molar-refractivity contribution >= 4 is 11.8 Å². The molecule has 1 atom stereocenters. The van der Waals surface area contributed by atoms with Crippen LogP contribution >= 0.6 is 0 Å². The van der Waals surface area contributed by atoms with Crippen molar-refractivity contribution < 1.29 is 14.1 Å². The van der Waals surface area contributed by atoms with Crippen molar-refractivity contribution in [2.45, 2.75) is 13.0 Å².